The minimum absolute atomic E-state index is 0.483. The maximum atomic E-state index is 5.60. The fourth-order valence-corrected chi connectivity index (χ4v) is 2.15. The van der Waals surface area contributed by atoms with Crippen LogP contribution in [0.1, 0.15) is 17.9 Å². The van der Waals surface area contributed by atoms with Crippen LogP contribution in [0.25, 0.3) is 0 Å². The second-order valence-electron chi connectivity index (χ2n) is 3.47. The van der Waals surface area contributed by atoms with E-state index in [2.05, 4.69) is 28.1 Å². The van der Waals surface area contributed by atoms with Crippen molar-refractivity contribution in [3.05, 3.63) is 28.2 Å². The number of hydrogen-bond acceptors (Lipinski definition) is 2. The number of benzene rings is 1. The molecule has 1 aliphatic heterocycles. The molecular weight excluding hydrogens is 244 g/mol. The Balaban J connectivity index is 2.30. The molecule has 1 aliphatic rings. The van der Waals surface area contributed by atoms with E-state index in [1.165, 1.54) is 5.56 Å². The van der Waals surface area contributed by atoms with Crippen molar-refractivity contribution < 1.29 is 9.47 Å². The topological polar surface area (TPSA) is 18.5 Å². The average Bonchev–Trinajstić information content (AvgIpc) is 2.18. The minimum Gasteiger partial charge on any atom is -0.493 e. The number of halogens is 1. The van der Waals surface area contributed by atoms with Crippen LogP contribution >= 0.6 is 15.9 Å². The maximum Gasteiger partial charge on any atom is 0.123 e. The van der Waals surface area contributed by atoms with Gasteiger partial charge in [0.15, 0.2) is 0 Å². The first-order valence-electron chi connectivity index (χ1n) is 4.72. The highest BCUT2D eigenvalue weighted by Crippen LogP contribution is 2.35. The summed E-state index contributed by atoms with van der Waals surface area (Å²) < 4.78 is 11.9. The molecule has 2 nitrogen and oxygen atoms in total. The van der Waals surface area contributed by atoms with Gasteiger partial charge in [-0.1, -0.05) is 22.0 Å². The molecule has 2 rings (SSSR count). The third kappa shape index (κ3) is 1.93. The molecule has 0 amide bonds. The van der Waals surface area contributed by atoms with Crippen molar-refractivity contribution in [1.29, 1.82) is 0 Å². The SMILES string of the molecule is COCC1CCOc2cc(Br)ccc21. The number of rotatable bonds is 2. The number of methoxy groups -OCH3 is 1. The quantitative estimate of drug-likeness (QED) is 0.810. The van der Waals surface area contributed by atoms with Crippen molar-refractivity contribution in [1.82, 2.24) is 0 Å². The fraction of sp³-hybridized carbons (Fsp3) is 0.455. The van der Waals surface area contributed by atoms with Crippen molar-refractivity contribution in [2.75, 3.05) is 20.3 Å². The predicted octanol–water partition coefficient (Wildman–Crippen LogP) is 2.96. The third-order valence-corrected chi connectivity index (χ3v) is 3.00. The molecule has 1 atom stereocenters. The molecule has 14 heavy (non-hydrogen) atoms. The van der Waals surface area contributed by atoms with E-state index in [0.29, 0.717) is 5.92 Å². The van der Waals surface area contributed by atoms with Crippen LogP contribution in [0.3, 0.4) is 0 Å². The Hall–Kier alpha value is -0.540. The van der Waals surface area contributed by atoms with Crippen LogP contribution < -0.4 is 4.74 Å². The smallest absolute Gasteiger partial charge is 0.123 e. The van der Waals surface area contributed by atoms with Gasteiger partial charge in [0.05, 0.1) is 13.2 Å². The molecule has 3 heteroatoms. The average molecular weight is 257 g/mol. The lowest BCUT2D eigenvalue weighted by Gasteiger charge is -2.25. The molecule has 0 saturated heterocycles. The Bertz CT molecular complexity index is 325. The summed E-state index contributed by atoms with van der Waals surface area (Å²) in [6.45, 7) is 1.56. The first-order chi connectivity index (χ1) is 6.81. The van der Waals surface area contributed by atoms with Crippen molar-refractivity contribution in [2.24, 2.45) is 0 Å². The number of hydrogen-bond donors (Lipinski definition) is 0. The van der Waals surface area contributed by atoms with E-state index >= 15 is 0 Å². The molecule has 1 heterocycles. The van der Waals surface area contributed by atoms with Crippen LogP contribution in [0.4, 0.5) is 0 Å². The molecule has 0 aliphatic carbocycles. The van der Waals surface area contributed by atoms with Gasteiger partial charge in [-0.3, -0.25) is 0 Å². The van der Waals surface area contributed by atoms with E-state index in [1.54, 1.807) is 7.11 Å². The van der Waals surface area contributed by atoms with Crippen LogP contribution in [0.5, 0.6) is 5.75 Å². The highest BCUT2D eigenvalue weighted by Gasteiger charge is 2.21. The zero-order valence-corrected chi connectivity index (χ0v) is 9.71. The van der Waals surface area contributed by atoms with Crippen LogP contribution in [0.15, 0.2) is 22.7 Å². The van der Waals surface area contributed by atoms with Crippen molar-refractivity contribution in [3.8, 4) is 5.75 Å². The summed E-state index contributed by atoms with van der Waals surface area (Å²) in [5.41, 5.74) is 1.27. The van der Waals surface area contributed by atoms with Crippen LogP contribution in [-0.2, 0) is 4.74 Å². The summed E-state index contributed by atoms with van der Waals surface area (Å²) in [5.74, 6) is 1.48. The van der Waals surface area contributed by atoms with Crippen molar-refractivity contribution in [2.45, 2.75) is 12.3 Å². The molecule has 0 N–H and O–H groups in total. The zero-order valence-electron chi connectivity index (χ0n) is 8.13. The monoisotopic (exact) mass is 256 g/mol. The van der Waals surface area contributed by atoms with E-state index in [9.17, 15) is 0 Å². The number of ether oxygens (including phenoxy) is 2. The Morgan fingerprint density at radius 2 is 2.43 bits per heavy atom. The van der Waals surface area contributed by atoms with Gasteiger partial charge in [0.2, 0.25) is 0 Å². The van der Waals surface area contributed by atoms with E-state index in [1.807, 2.05) is 6.07 Å². The van der Waals surface area contributed by atoms with Crippen LogP contribution in [0, 0.1) is 0 Å². The molecular formula is C11H13BrO2. The Labute approximate surface area is 92.3 Å². The molecule has 0 saturated carbocycles. The van der Waals surface area contributed by atoms with E-state index in [0.717, 1.165) is 29.9 Å². The Kier molecular flexibility index (Phi) is 3.08. The summed E-state index contributed by atoms with van der Waals surface area (Å²) >= 11 is 3.44. The summed E-state index contributed by atoms with van der Waals surface area (Å²) in [4.78, 5) is 0. The highest BCUT2D eigenvalue weighted by molar-refractivity contribution is 9.10. The van der Waals surface area contributed by atoms with Crippen LogP contribution in [0.2, 0.25) is 0 Å². The molecule has 0 aromatic heterocycles. The lowest BCUT2D eigenvalue weighted by Crippen LogP contribution is -2.17. The van der Waals surface area contributed by atoms with Gasteiger partial charge >= 0.3 is 0 Å². The fourth-order valence-electron chi connectivity index (χ4n) is 1.81. The standard InChI is InChI=1S/C11H13BrO2/c1-13-7-8-4-5-14-11-6-9(12)2-3-10(8)11/h2-3,6,8H,4-5,7H2,1H3. The molecule has 0 spiro atoms. The third-order valence-electron chi connectivity index (χ3n) is 2.51. The van der Waals surface area contributed by atoms with Gasteiger partial charge in [-0.25, -0.2) is 0 Å². The number of fused-ring (bicyclic) bond motifs is 1. The van der Waals surface area contributed by atoms with E-state index < -0.39 is 0 Å². The Morgan fingerprint density at radius 3 is 3.21 bits per heavy atom. The van der Waals surface area contributed by atoms with Gasteiger partial charge in [-0.05, 0) is 24.1 Å². The van der Waals surface area contributed by atoms with Crippen LogP contribution in [-0.4, -0.2) is 20.3 Å². The van der Waals surface area contributed by atoms with Crippen molar-refractivity contribution in [3.63, 3.8) is 0 Å². The van der Waals surface area contributed by atoms with Gasteiger partial charge in [0.1, 0.15) is 5.75 Å². The molecule has 76 valence electrons. The second-order valence-corrected chi connectivity index (χ2v) is 4.39. The first kappa shape index (κ1) is 9.99. The van der Waals surface area contributed by atoms with Gasteiger partial charge in [0.25, 0.3) is 0 Å². The zero-order chi connectivity index (χ0) is 9.97. The summed E-state index contributed by atoms with van der Waals surface area (Å²) in [6, 6.07) is 6.19. The largest absolute Gasteiger partial charge is 0.493 e. The molecule has 1 aromatic rings. The van der Waals surface area contributed by atoms with Gasteiger partial charge in [-0.2, -0.15) is 0 Å². The lowest BCUT2D eigenvalue weighted by molar-refractivity contribution is 0.153. The minimum atomic E-state index is 0.483. The van der Waals surface area contributed by atoms with E-state index in [4.69, 9.17) is 9.47 Å². The van der Waals surface area contributed by atoms with Gasteiger partial charge in [-0.15, -0.1) is 0 Å². The highest BCUT2D eigenvalue weighted by atomic mass is 79.9. The molecule has 1 unspecified atom stereocenters. The predicted molar refractivity (Wildman–Crippen MR) is 58.9 cm³/mol. The van der Waals surface area contributed by atoms with Gasteiger partial charge in [0, 0.05) is 17.5 Å². The first-order valence-corrected chi connectivity index (χ1v) is 5.51. The van der Waals surface area contributed by atoms with E-state index in [-0.39, 0.29) is 0 Å². The normalized spacial score (nSPS) is 20.0. The summed E-state index contributed by atoms with van der Waals surface area (Å²) in [6.07, 6.45) is 1.04. The molecule has 1 aromatic carbocycles. The lowest BCUT2D eigenvalue weighted by atomic mass is 9.94. The Morgan fingerprint density at radius 1 is 1.57 bits per heavy atom. The summed E-state index contributed by atoms with van der Waals surface area (Å²) in [7, 11) is 1.74. The summed E-state index contributed by atoms with van der Waals surface area (Å²) in [5, 5.41) is 0. The van der Waals surface area contributed by atoms with Crippen molar-refractivity contribution >= 4 is 15.9 Å². The maximum absolute atomic E-state index is 5.60. The molecule has 0 bridgehead atoms. The van der Waals surface area contributed by atoms with Gasteiger partial charge < -0.3 is 9.47 Å². The molecule has 0 fully saturated rings. The second kappa shape index (κ2) is 4.32. The molecule has 0 radical (unpaired) electrons.